The van der Waals surface area contributed by atoms with Gasteiger partial charge in [-0.2, -0.15) is 0 Å². The molecule has 6 nitrogen and oxygen atoms in total. The molecule has 1 aliphatic carbocycles. The number of halogens is 1. The zero-order valence-electron chi connectivity index (χ0n) is 18.4. The highest BCUT2D eigenvalue weighted by Crippen LogP contribution is 2.40. The smallest absolute Gasteiger partial charge is 0.248 e. The second-order valence-corrected chi connectivity index (χ2v) is 8.28. The number of nitrogens with one attached hydrogen (secondary N) is 2. The van der Waals surface area contributed by atoms with E-state index in [1.165, 1.54) is 31.2 Å². The van der Waals surface area contributed by atoms with Gasteiger partial charge in [-0.1, -0.05) is 31.0 Å². The molecule has 30 heavy (non-hydrogen) atoms. The molecule has 1 aromatic rings. The van der Waals surface area contributed by atoms with E-state index < -0.39 is 0 Å². The number of fused-ring (bicyclic) bond motifs is 1. The van der Waals surface area contributed by atoms with E-state index in [2.05, 4.69) is 28.6 Å². The molecular formula is C23H37IN4O2. The van der Waals surface area contributed by atoms with Gasteiger partial charge in [0.2, 0.25) is 5.91 Å². The molecule has 1 saturated carbocycles. The molecule has 2 N–H and O–H groups in total. The molecule has 0 radical (unpaired) electrons. The molecule has 0 saturated heterocycles. The van der Waals surface area contributed by atoms with Gasteiger partial charge in [-0.05, 0) is 56.1 Å². The van der Waals surface area contributed by atoms with Crippen LogP contribution < -0.4 is 15.5 Å². The van der Waals surface area contributed by atoms with Gasteiger partial charge in [0.15, 0.2) is 5.96 Å². The highest BCUT2D eigenvalue weighted by molar-refractivity contribution is 14.0. The molecule has 7 heteroatoms. The summed E-state index contributed by atoms with van der Waals surface area (Å²) in [7, 11) is 1.77. The molecule has 1 aromatic carbocycles. The fraction of sp³-hybridized carbons (Fsp3) is 0.652. The minimum atomic E-state index is 0. The lowest BCUT2D eigenvalue weighted by Crippen LogP contribution is -2.44. The summed E-state index contributed by atoms with van der Waals surface area (Å²) in [6.07, 6.45) is 8.14. The first-order chi connectivity index (χ1) is 14.2. The highest BCUT2D eigenvalue weighted by Gasteiger charge is 2.33. The number of methoxy groups -OCH3 is 1. The van der Waals surface area contributed by atoms with Gasteiger partial charge < -0.3 is 20.3 Å². The van der Waals surface area contributed by atoms with E-state index in [0.29, 0.717) is 0 Å². The van der Waals surface area contributed by atoms with Gasteiger partial charge in [-0.3, -0.25) is 4.79 Å². The summed E-state index contributed by atoms with van der Waals surface area (Å²) in [5.41, 5.74) is 2.57. The van der Waals surface area contributed by atoms with Crippen molar-refractivity contribution in [3.05, 3.63) is 29.8 Å². The van der Waals surface area contributed by atoms with Gasteiger partial charge in [0, 0.05) is 39.0 Å². The van der Waals surface area contributed by atoms with Crippen LogP contribution in [0.15, 0.2) is 29.3 Å². The number of amides is 1. The van der Waals surface area contributed by atoms with Gasteiger partial charge >= 0.3 is 0 Å². The van der Waals surface area contributed by atoms with Crippen molar-refractivity contribution in [2.75, 3.05) is 44.8 Å². The molecule has 1 heterocycles. The third-order valence-corrected chi connectivity index (χ3v) is 6.26. The van der Waals surface area contributed by atoms with Crippen LogP contribution in [0.5, 0.6) is 0 Å². The van der Waals surface area contributed by atoms with E-state index in [0.717, 1.165) is 57.2 Å². The Morgan fingerprint density at radius 1 is 1.20 bits per heavy atom. The Bertz CT molecular complexity index is 704. The Labute approximate surface area is 198 Å². The Morgan fingerprint density at radius 3 is 2.70 bits per heavy atom. The summed E-state index contributed by atoms with van der Waals surface area (Å²) >= 11 is 0. The van der Waals surface area contributed by atoms with E-state index in [9.17, 15) is 4.79 Å². The average Bonchev–Trinajstić information content (AvgIpc) is 3.22. The van der Waals surface area contributed by atoms with E-state index in [-0.39, 0.29) is 41.8 Å². The summed E-state index contributed by atoms with van der Waals surface area (Å²) in [5, 5.41) is 6.80. The maximum Gasteiger partial charge on any atom is 0.248 e. The van der Waals surface area contributed by atoms with Crippen molar-refractivity contribution in [3.63, 3.8) is 0 Å². The van der Waals surface area contributed by atoms with Crippen LogP contribution in [0.3, 0.4) is 0 Å². The maximum atomic E-state index is 12.9. The Hall–Kier alpha value is -1.35. The molecule has 0 unspecified atom stereocenters. The van der Waals surface area contributed by atoms with Crippen LogP contribution in [0, 0.1) is 5.41 Å². The topological polar surface area (TPSA) is 66.0 Å². The number of carbonyl (C=O) groups excluding carboxylic acids is 1. The quantitative estimate of drug-likeness (QED) is 0.307. The summed E-state index contributed by atoms with van der Waals surface area (Å²) in [5.74, 6) is 0.791. The lowest BCUT2D eigenvalue weighted by atomic mass is 9.83. The van der Waals surface area contributed by atoms with Crippen LogP contribution in [0.1, 0.15) is 51.0 Å². The van der Waals surface area contributed by atoms with Crippen molar-refractivity contribution in [3.8, 4) is 0 Å². The number of rotatable bonds is 8. The van der Waals surface area contributed by atoms with E-state index >= 15 is 0 Å². The molecule has 0 spiro atoms. The molecule has 0 bridgehead atoms. The number of aliphatic imine (C=N–C) groups is 1. The SMILES string of the molecule is CCNC(=NCC(=O)N1CCCc2ccccc21)NCC1(CCOC)CCCC1.I. The zero-order chi connectivity index (χ0) is 20.5. The second-order valence-electron chi connectivity index (χ2n) is 8.28. The molecule has 0 aromatic heterocycles. The Balaban J connectivity index is 0.00000320. The number of anilines is 1. The number of guanidine groups is 1. The first-order valence-electron chi connectivity index (χ1n) is 11.1. The monoisotopic (exact) mass is 528 g/mol. The fourth-order valence-electron chi connectivity index (χ4n) is 4.60. The molecule has 2 aliphatic rings. The van der Waals surface area contributed by atoms with E-state index in [4.69, 9.17) is 4.74 Å². The molecule has 1 fully saturated rings. The van der Waals surface area contributed by atoms with Gasteiger partial charge in [-0.25, -0.2) is 4.99 Å². The van der Waals surface area contributed by atoms with Crippen molar-refractivity contribution < 1.29 is 9.53 Å². The molecule has 168 valence electrons. The lowest BCUT2D eigenvalue weighted by Gasteiger charge is -2.30. The van der Waals surface area contributed by atoms with Crippen molar-refractivity contribution in [2.24, 2.45) is 10.4 Å². The highest BCUT2D eigenvalue weighted by atomic mass is 127. The molecular weight excluding hydrogens is 491 g/mol. The van der Waals surface area contributed by atoms with Gasteiger partial charge in [-0.15, -0.1) is 24.0 Å². The number of benzene rings is 1. The van der Waals surface area contributed by atoms with Gasteiger partial charge in [0.25, 0.3) is 0 Å². The third-order valence-electron chi connectivity index (χ3n) is 6.26. The van der Waals surface area contributed by atoms with Crippen LogP contribution in [-0.2, 0) is 16.0 Å². The van der Waals surface area contributed by atoms with Gasteiger partial charge in [0.1, 0.15) is 6.54 Å². The van der Waals surface area contributed by atoms with E-state index in [1.54, 1.807) is 7.11 Å². The molecule has 1 amide bonds. The normalized spacial score (nSPS) is 17.8. The number of ether oxygens (including phenoxy) is 1. The molecule has 3 rings (SSSR count). The first kappa shape index (κ1) is 24.9. The van der Waals surface area contributed by atoms with Crippen molar-refractivity contribution in [1.82, 2.24) is 10.6 Å². The largest absolute Gasteiger partial charge is 0.385 e. The predicted octanol–water partition coefficient (Wildman–Crippen LogP) is 3.74. The van der Waals surface area contributed by atoms with Crippen LogP contribution in [0.2, 0.25) is 0 Å². The number of carbonyl (C=O) groups is 1. The number of nitrogens with zero attached hydrogens (tertiary/aromatic N) is 2. The standard InChI is InChI=1S/C23H36N4O2.HI/c1-3-24-22(26-18-23(14-16-29-2)12-6-7-13-23)25-17-21(28)27-15-8-10-19-9-4-5-11-20(19)27;/h4-5,9,11H,3,6-8,10,12-18H2,1-2H3,(H2,24,25,26);1H. The minimum Gasteiger partial charge on any atom is -0.385 e. The number of aryl methyl sites for hydroxylation is 1. The molecule has 0 atom stereocenters. The van der Waals surface area contributed by atoms with Crippen molar-refractivity contribution in [1.29, 1.82) is 0 Å². The summed E-state index contributed by atoms with van der Waals surface area (Å²) in [4.78, 5) is 19.4. The number of para-hydroxylation sites is 1. The van der Waals surface area contributed by atoms with Crippen LogP contribution >= 0.6 is 24.0 Å². The number of hydrogen-bond donors (Lipinski definition) is 2. The van der Waals surface area contributed by atoms with Crippen LogP contribution in [0.4, 0.5) is 5.69 Å². The minimum absolute atomic E-state index is 0. The summed E-state index contributed by atoms with van der Waals surface area (Å²) in [6.45, 7) is 5.43. The zero-order valence-corrected chi connectivity index (χ0v) is 20.7. The maximum absolute atomic E-state index is 12.9. The predicted molar refractivity (Wildman–Crippen MR) is 134 cm³/mol. The fourth-order valence-corrected chi connectivity index (χ4v) is 4.60. The first-order valence-corrected chi connectivity index (χ1v) is 11.1. The van der Waals surface area contributed by atoms with Crippen LogP contribution in [-0.4, -0.2) is 51.8 Å². The third kappa shape index (κ3) is 6.57. The summed E-state index contributed by atoms with van der Waals surface area (Å²) in [6, 6.07) is 8.20. The Kier molecular flexibility index (Phi) is 10.4. The van der Waals surface area contributed by atoms with Crippen molar-refractivity contribution in [2.45, 2.75) is 51.9 Å². The average molecular weight is 528 g/mol. The molecule has 1 aliphatic heterocycles. The lowest BCUT2D eigenvalue weighted by molar-refractivity contribution is -0.117. The Morgan fingerprint density at radius 2 is 1.97 bits per heavy atom. The summed E-state index contributed by atoms with van der Waals surface area (Å²) < 4.78 is 5.33. The van der Waals surface area contributed by atoms with Crippen molar-refractivity contribution >= 4 is 41.5 Å². The van der Waals surface area contributed by atoms with Gasteiger partial charge in [0.05, 0.1) is 0 Å². The van der Waals surface area contributed by atoms with Crippen LogP contribution in [0.25, 0.3) is 0 Å². The second kappa shape index (κ2) is 12.5. The van der Waals surface area contributed by atoms with E-state index in [1.807, 2.05) is 23.1 Å². The number of hydrogen-bond acceptors (Lipinski definition) is 3.